The molecular formula is C15H15BrO. The number of halogens is 1. The Hall–Kier alpha value is -1.02. The second-order valence-corrected chi connectivity index (χ2v) is 5.54. The van der Waals surface area contributed by atoms with Crippen molar-refractivity contribution in [2.45, 2.75) is 32.1 Å². The smallest absolute Gasteiger partial charge is 0.134 e. The first kappa shape index (κ1) is 11.1. The summed E-state index contributed by atoms with van der Waals surface area (Å²) in [6.45, 7) is 0. The Morgan fingerprint density at radius 3 is 2.53 bits per heavy atom. The highest BCUT2D eigenvalue weighted by Crippen LogP contribution is 2.30. The van der Waals surface area contributed by atoms with E-state index in [0.29, 0.717) is 0 Å². The quantitative estimate of drug-likeness (QED) is 0.675. The van der Waals surface area contributed by atoms with Crippen molar-refractivity contribution in [3.8, 4) is 11.3 Å². The Morgan fingerprint density at radius 1 is 0.941 bits per heavy atom. The Balaban J connectivity index is 1.96. The van der Waals surface area contributed by atoms with Crippen LogP contribution in [-0.2, 0) is 12.8 Å². The van der Waals surface area contributed by atoms with Crippen molar-refractivity contribution < 1.29 is 4.42 Å². The maximum absolute atomic E-state index is 6.00. The predicted molar refractivity (Wildman–Crippen MR) is 73.1 cm³/mol. The molecule has 1 nitrogen and oxygen atoms in total. The van der Waals surface area contributed by atoms with Crippen molar-refractivity contribution in [3.05, 3.63) is 46.1 Å². The molecule has 1 aliphatic carbocycles. The van der Waals surface area contributed by atoms with Crippen LogP contribution in [0.4, 0.5) is 0 Å². The van der Waals surface area contributed by atoms with Crippen molar-refractivity contribution in [1.82, 2.24) is 0 Å². The molecule has 0 bridgehead atoms. The zero-order chi connectivity index (χ0) is 11.7. The van der Waals surface area contributed by atoms with Gasteiger partial charge >= 0.3 is 0 Å². The van der Waals surface area contributed by atoms with Crippen LogP contribution in [0, 0.1) is 0 Å². The summed E-state index contributed by atoms with van der Waals surface area (Å²) in [7, 11) is 0. The molecule has 3 rings (SSSR count). The molecule has 0 unspecified atom stereocenters. The summed E-state index contributed by atoms with van der Waals surface area (Å²) in [6.07, 6.45) is 6.17. The van der Waals surface area contributed by atoms with E-state index in [9.17, 15) is 0 Å². The van der Waals surface area contributed by atoms with Crippen molar-refractivity contribution in [1.29, 1.82) is 0 Å². The summed E-state index contributed by atoms with van der Waals surface area (Å²) in [4.78, 5) is 0. The van der Waals surface area contributed by atoms with E-state index >= 15 is 0 Å². The number of furan rings is 1. The third-order valence-corrected chi connectivity index (χ3v) is 3.90. The molecule has 0 saturated carbocycles. The fourth-order valence-electron chi connectivity index (χ4n) is 2.42. The van der Waals surface area contributed by atoms with Gasteiger partial charge in [0.15, 0.2) is 0 Å². The van der Waals surface area contributed by atoms with Crippen molar-refractivity contribution >= 4 is 15.9 Å². The van der Waals surface area contributed by atoms with Gasteiger partial charge in [-0.1, -0.05) is 34.5 Å². The van der Waals surface area contributed by atoms with Gasteiger partial charge in [0, 0.05) is 16.5 Å². The van der Waals surface area contributed by atoms with Gasteiger partial charge in [0.2, 0.25) is 0 Å². The molecule has 0 N–H and O–H groups in total. The van der Waals surface area contributed by atoms with Crippen molar-refractivity contribution in [3.63, 3.8) is 0 Å². The van der Waals surface area contributed by atoms with E-state index in [1.807, 2.05) is 0 Å². The van der Waals surface area contributed by atoms with E-state index in [1.165, 1.54) is 42.6 Å². The lowest BCUT2D eigenvalue weighted by molar-refractivity contribution is 0.513. The van der Waals surface area contributed by atoms with Crippen LogP contribution in [0.25, 0.3) is 11.3 Å². The average Bonchev–Trinajstić information content (AvgIpc) is 2.62. The highest BCUT2D eigenvalue weighted by molar-refractivity contribution is 9.10. The normalized spacial score (nSPS) is 15.4. The first-order valence-electron chi connectivity index (χ1n) is 6.20. The van der Waals surface area contributed by atoms with E-state index < -0.39 is 0 Å². The molecule has 2 aromatic rings. The van der Waals surface area contributed by atoms with Gasteiger partial charge in [0.1, 0.15) is 11.5 Å². The topological polar surface area (TPSA) is 13.1 Å². The molecule has 1 aromatic heterocycles. The average molecular weight is 291 g/mol. The van der Waals surface area contributed by atoms with Crippen LogP contribution in [0.1, 0.15) is 30.6 Å². The standard InChI is InChI=1S/C15H15BrO/c16-13-8-6-11(7-9-13)15-10-12-4-2-1-3-5-14(12)17-15/h6-10H,1-5H2. The minimum atomic E-state index is 1.02. The Kier molecular flexibility index (Phi) is 3.06. The Bertz CT molecular complexity index is 487. The molecule has 1 heterocycles. The first-order valence-corrected chi connectivity index (χ1v) is 7.00. The van der Waals surface area contributed by atoms with Gasteiger partial charge in [0.05, 0.1) is 0 Å². The second kappa shape index (κ2) is 4.69. The lowest BCUT2D eigenvalue weighted by Crippen LogP contribution is -1.81. The third kappa shape index (κ3) is 2.32. The Labute approximate surface area is 110 Å². The molecule has 0 radical (unpaired) electrons. The van der Waals surface area contributed by atoms with Crippen LogP contribution in [0.2, 0.25) is 0 Å². The number of fused-ring (bicyclic) bond motifs is 1. The first-order chi connectivity index (χ1) is 8.33. The largest absolute Gasteiger partial charge is 0.461 e. The molecule has 0 spiro atoms. The van der Waals surface area contributed by atoms with Crippen LogP contribution in [-0.4, -0.2) is 0 Å². The molecule has 88 valence electrons. The highest BCUT2D eigenvalue weighted by Gasteiger charge is 2.14. The van der Waals surface area contributed by atoms with E-state index in [1.54, 1.807) is 0 Å². The zero-order valence-corrected chi connectivity index (χ0v) is 11.3. The van der Waals surface area contributed by atoms with Gasteiger partial charge in [-0.25, -0.2) is 0 Å². The van der Waals surface area contributed by atoms with Crippen LogP contribution >= 0.6 is 15.9 Å². The maximum Gasteiger partial charge on any atom is 0.134 e. The number of hydrogen-bond acceptors (Lipinski definition) is 1. The monoisotopic (exact) mass is 290 g/mol. The maximum atomic E-state index is 6.00. The molecule has 0 fully saturated rings. The minimum Gasteiger partial charge on any atom is -0.461 e. The summed E-state index contributed by atoms with van der Waals surface area (Å²) < 4.78 is 7.10. The van der Waals surface area contributed by atoms with Gasteiger partial charge in [-0.2, -0.15) is 0 Å². The third-order valence-electron chi connectivity index (χ3n) is 3.38. The number of rotatable bonds is 1. The van der Waals surface area contributed by atoms with Gasteiger partial charge in [0.25, 0.3) is 0 Å². The summed E-state index contributed by atoms with van der Waals surface area (Å²) in [6, 6.07) is 10.5. The minimum absolute atomic E-state index is 1.02. The van der Waals surface area contributed by atoms with Gasteiger partial charge in [-0.3, -0.25) is 0 Å². The van der Waals surface area contributed by atoms with Crippen molar-refractivity contribution in [2.75, 3.05) is 0 Å². The summed E-state index contributed by atoms with van der Waals surface area (Å²) in [5.74, 6) is 2.23. The van der Waals surface area contributed by atoms with Crippen LogP contribution < -0.4 is 0 Å². The molecule has 0 atom stereocenters. The SMILES string of the molecule is Brc1ccc(-c2cc3c(o2)CCCCC3)cc1. The lowest BCUT2D eigenvalue weighted by atomic mass is 10.1. The molecule has 1 aliphatic rings. The summed E-state index contributed by atoms with van der Waals surface area (Å²) >= 11 is 3.45. The van der Waals surface area contributed by atoms with E-state index in [0.717, 1.165) is 16.7 Å². The molecule has 2 heteroatoms. The van der Waals surface area contributed by atoms with E-state index in [-0.39, 0.29) is 0 Å². The van der Waals surface area contributed by atoms with E-state index in [4.69, 9.17) is 4.42 Å². The number of hydrogen-bond donors (Lipinski definition) is 0. The van der Waals surface area contributed by atoms with Gasteiger partial charge in [-0.15, -0.1) is 0 Å². The predicted octanol–water partition coefficient (Wildman–Crippen LogP) is 4.98. The highest BCUT2D eigenvalue weighted by atomic mass is 79.9. The summed E-state index contributed by atoms with van der Waals surface area (Å²) in [5, 5.41) is 0. The zero-order valence-electron chi connectivity index (χ0n) is 9.71. The molecule has 0 amide bonds. The van der Waals surface area contributed by atoms with Crippen LogP contribution in [0.15, 0.2) is 39.2 Å². The Morgan fingerprint density at radius 2 is 1.71 bits per heavy atom. The number of aryl methyl sites for hydroxylation is 2. The lowest BCUT2D eigenvalue weighted by Gasteiger charge is -1.97. The molecule has 0 aliphatic heterocycles. The molecular weight excluding hydrogens is 276 g/mol. The van der Waals surface area contributed by atoms with Gasteiger partial charge < -0.3 is 4.42 Å². The van der Waals surface area contributed by atoms with Crippen molar-refractivity contribution in [2.24, 2.45) is 0 Å². The van der Waals surface area contributed by atoms with Gasteiger partial charge in [-0.05, 0) is 43.0 Å². The fraction of sp³-hybridized carbons (Fsp3) is 0.333. The second-order valence-electron chi connectivity index (χ2n) is 4.63. The van der Waals surface area contributed by atoms with E-state index in [2.05, 4.69) is 46.3 Å². The summed E-state index contributed by atoms with van der Waals surface area (Å²) in [5.41, 5.74) is 2.58. The van der Waals surface area contributed by atoms with Crippen LogP contribution in [0.5, 0.6) is 0 Å². The molecule has 17 heavy (non-hydrogen) atoms. The molecule has 1 aromatic carbocycles. The van der Waals surface area contributed by atoms with Crippen LogP contribution in [0.3, 0.4) is 0 Å². The fourth-order valence-corrected chi connectivity index (χ4v) is 2.69. The number of benzene rings is 1. The molecule has 0 saturated heterocycles.